The molecule has 0 aromatic heterocycles. The van der Waals surface area contributed by atoms with E-state index >= 15 is 0 Å². The van der Waals surface area contributed by atoms with E-state index in [2.05, 4.69) is 19.9 Å². The molecule has 1 N–H and O–H groups in total. The third-order valence-electron chi connectivity index (χ3n) is 4.50. The van der Waals surface area contributed by atoms with Crippen molar-refractivity contribution in [1.29, 1.82) is 0 Å². The molecule has 1 rings (SSSR count). The molecule has 1 unspecified atom stereocenters. The number of esters is 1. The van der Waals surface area contributed by atoms with Crippen molar-refractivity contribution >= 4 is 5.97 Å². The van der Waals surface area contributed by atoms with Gasteiger partial charge < -0.3 is 9.84 Å². The summed E-state index contributed by atoms with van der Waals surface area (Å²) >= 11 is 0. The molecule has 1 aromatic carbocycles. The molecule has 3 nitrogen and oxygen atoms in total. The van der Waals surface area contributed by atoms with Crippen LogP contribution in [0.15, 0.2) is 24.3 Å². The van der Waals surface area contributed by atoms with Gasteiger partial charge in [-0.05, 0) is 37.7 Å². The smallest absolute Gasteiger partial charge is 0.315 e. The highest BCUT2D eigenvalue weighted by atomic mass is 16.5. The fourth-order valence-corrected chi connectivity index (χ4v) is 2.74. The number of aliphatic hydroxyl groups excluding tert-OH is 1. The first-order valence-electron chi connectivity index (χ1n) is 8.01. The Morgan fingerprint density at radius 1 is 1.18 bits per heavy atom. The van der Waals surface area contributed by atoms with Crippen LogP contribution in [0.25, 0.3) is 0 Å². The maximum atomic E-state index is 12.3. The second-order valence-electron chi connectivity index (χ2n) is 7.22. The molecule has 0 amide bonds. The van der Waals surface area contributed by atoms with Crippen molar-refractivity contribution in [2.45, 2.75) is 58.8 Å². The van der Waals surface area contributed by atoms with E-state index in [1.807, 2.05) is 32.0 Å². The highest BCUT2D eigenvalue weighted by Crippen LogP contribution is 2.33. The van der Waals surface area contributed by atoms with Gasteiger partial charge in [-0.1, -0.05) is 56.5 Å². The van der Waals surface area contributed by atoms with Crippen LogP contribution in [0.2, 0.25) is 0 Å². The van der Waals surface area contributed by atoms with E-state index in [0.29, 0.717) is 0 Å². The van der Waals surface area contributed by atoms with Crippen molar-refractivity contribution in [3.05, 3.63) is 35.4 Å². The van der Waals surface area contributed by atoms with Crippen molar-refractivity contribution in [3.63, 3.8) is 0 Å². The summed E-state index contributed by atoms with van der Waals surface area (Å²) in [7, 11) is 1.45. The zero-order chi connectivity index (χ0) is 16.8. The summed E-state index contributed by atoms with van der Waals surface area (Å²) in [5, 5.41) is 9.31. The lowest BCUT2D eigenvalue weighted by molar-refractivity contribution is -0.147. The number of aryl methyl sites for hydroxylation is 1. The van der Waals surface area contributed by atoms with Crippen LogP contribution in [-0.2, 0) is 14.9 Å². The van der Waals surface area contributed by atoms with Crippen LogP contribution in [0.1, 0.15) is 57.6 Å². The lowest BCUT2D eigenvalue weighted by atomic mass is 9.77. The molecule has 22 heavy (non-hydrogen) atoms. The van der Waals surface area contributed by atoms with E-state index in [1.165, 1.54) is 7.11 Å². The van der Waals surface area contributed by atoms with Crippen LogP contribution in [0.3, 0.4) is 0 Å². The normalized spacial score (nSPS) is 14.5. The van der Waals surface area contributed by atoms with Crippen LogP contribution >= 0.6 is 0 Å². The first kappa shape index (κ1) is 18.7. The number of hydrogen-bond acceptors (Lipinski definition) is 3. The standard InChI is InChI=1S/C19H30O3/c1-15-9-8-10-16(13-15)19(4,17(21)22-5)12-7-6-11-18(2,3)14-20/h8-10,13,20H,6-7,11-12,14H2,1-5H3. The molecule has 3 heteroatoms. The zero-order valence-electron chi connectivity index (χ0n) is 14.6. The highest BCUT2D eigenvalue weighted by Gasteiger charge is 2.36. The Morgan fingerprint density at radius 2 is 1.82 bits per heavy atom. The molecular weight excluding hydrogens is 276 g/mol. The molecule has 1 aromatic rings. The van der Waals surface area contributed by atoms with Gasteiger partial charge in [0.2, 0.25) is 0 Å². The molecule has 0 fully saturated rings. The Morgan fingerprint density at radius 3 is 2.36 bits per heavy atom. The van der Waals surface area contributed by atoms with E-state index in [1.54, 1.807) is 0 Å². The average molecular weight is 306 g/mol. The fourth-order valence-electron chi connectivity index (χ4n) is 2.74. The third kappa shape index (κ3) is 4.84. The maximum Gasteiger partial charge on any atom is 0.315 e. The summed E-state index contributed by atoms with van der Waals surface area (Å²) in [6.45, 7) is 8.31. The van der Waals surface area contributed by atoms with Crippen LogP contribution in [0.4, 0.5) is 0 Å². The molecule has 0 radical (unpaired) electrons. The number of aliphatic hydroxyl groups is 1. The Hall–Kier alpha value is -1.35. The first-order valence-corrected chi connectivity index (χ1v) is 8.01. The van der Waals surface area contributed by atoms with Crippen molar-refractivity contribution in [1.82, 2.24) is 0 Å². The largest absolute Gasteiger partial charge is 0.468 e. The van der Waals surface area contributed by atoms with Crippen molar-refractivity contribution in [2.24, 2.45) is 5.41 Å². The minimum Gasteiger partial charge on any atom is -0.468 e. The number of carbonyl (C=O) groups is 1. The van der Waals surface area contributed by atoms with E-state index in [9.17, 15) is 9.90 Å². The minimum absolute atomic E-state index is 0.0506. The van der Waals surface area contributed by atoms with Gasteiger partial charge in [-0.15, -0.1) is 0 Å². The molecule has 0 heterocycles. The summed E-state index contributed by atoms with van der Waals surface area (Å²) < 4.78 is 5.05. The van der Waals surface area contributed by atoms with Gasteiger partial charge in [-0.25, -0.2) is 0 Å². The lowest BCUT2D eigenvalue weighted by Gasteiger charge is -2.28. The number of rotatable bonds is 8. The maximum absolute atomic E-state index is 12.3. The summed E-state index contributed by atoms with van der Waals surface area (Å²) in [5.41, 5.74) is 1.50. The Bertz CT molecular complexity index is 493. The molecule has 0 bridgehead atoms. The second-order valence-corrected chi connectivity index (χ2v) is 7.22. The quantitative estimate of drug-likeness (QED) is 0.583. The number of benzene rings is 1. The molecule has 1 atom stereocenters. The summed E-state index contributed by atoms with van der Waals surface area (Å²) in [4.78, 5) is 12.3. The summed E-state index contributed by atoms with van der Waals surface area (Å²) in [5.74, 6) is -0.181. The van der Waals surface area contributed by atoms with Gasteiger partial charge in [0.25, 0.3) is 0 Å². The molecule has 0 spiro atoms. The third-order valence-corrected chi connectivity index (χ3v) is 4.50. The molecule has 0 saturated heterocycles. The van der Waals surface area contributed by atoms with Gasteiger partial charge in [0.05, 0.1) is 12.5 Å². The number of hydrogen-bond donors (Lipinski definition) is 1. The number of ether oxygens (including phenoxy) is 1. The minimum atomic E-state index is -0.607. The number of unbranched alkanes of at least 4 members (excludes halogenated alkanes) is 1. The average Bonchev–Trinajstić information content (AvgIpc) is 2.50. The van der Waals surface area contributed by atoms with Gasteiger partial charge in [0.1, 0.15) is 0 Å². The van der Waals surface area contributed by atoms with E-state index in [4.69, 9.17) is 4.74 Å². The number of methoxy groups -OCH3 is 1. The first-order chi connectivity index (χ1) is 10.2. The van der Waals surface area contributed by atoms with Crippen molar-refractivity contribution < 1.29 is 14.6 Å². The SMILES string of the molecule is COC(=O)C(C)(CCCCC(C)(C)CO)c1cccc(C)c1. The van der Waals surface area contributed by atoms with Crippen molar-refractivity contribution in [2.75, 3.05) is 13.7 Å². The predicted molar refractivity (Wildman–Crippen MR) is 89.9 cm³/mol. The van der Waals surface area contributed by atoms with E-state index < -0.39 is 5.41 Å². The zero-order valence-corrected chi connectivity index (χ0v) is 14.6. The van der Waals surface area contributed by atoms with E-state index in [0.717, 1.165) is 36.8 Å². The second kappa shape index (κ2) is 7.77. The molecule has 0 saturated carbocycles. The van der Waals surface area contributed by atoms with Gasteiger partial charge in [-0.2, -0.15) is 0 Å². The summed E-state index contributed by atoms with van der Waals surface area (Å²) in [6, 6.07) is 8.09. The monoisotopic (exact) mass is 306 g/mol. The lowest BCUT2D eigenvalue weighted by Crippen LogP contribution is -2.34. The topological polar surface area (TPSA) is 46.5 Å². The molecule has 0 aliphatic heterocycles. The van der Waals surface area contributed by atoms with Crippen LogP contribution in [0.5, 0.6) is 0 Å². The molecule has 0 aliphatic rings. The fraction of sp³-hybridized carbons (Fsp3) is 0.632. The van der Waals surface area contributed by atoms with Crippen LogP contribution in [-0.4, -0.2) is 24.8 Å². The molecule has 0 aliphatic carbocycles. The van der Waals surface area contributed by atoms with Gasteiger partial charge in [0, 0.05) is 6.61 Å². The molecule has 124 valence electrons. The Kier molecular flexibility index (Phi) is 6.61. The highest BCUT2D eigenvalue weighted by molar-refractivity contribution is 5.82. The van der Waals surface area contributed by atoms with Crippen molar-refractivity contribution in [3.8, 4) is 0 Å². The van der Waals surface area contributed by atoms with Crippen LogP contribution in [0, 0.1) is 12.3 Å². The Balaban J connectivity index is 2.79. The van der Waals surface area contributed by atoms with Crippen LogP contribution < -0.4 is 0 Å². The molecular formula is C19H30O3. The Labute approximate surface area is 134 Å². The van der Waals surface area contributed by atoms with Gasteiger partial charge >= 0.3 is 5.97 Å². The predicted octanol–water partition coefficient (Wildman–Crippen LogP) is 4.00. The number of carbonyl (C=O) groups excluding carboxylic acids is 1. The summed E-state index contributed by atoms with van der Waals surface area (Å²) in [6.07, 6.45) is 3.63. The van der Waals surface area contributed by atoms with Gasteiger partial charge in [-0.3, -0.25) is 4.79 Å². The van der Waals surface area contributed by atoms with E-state index in [-0.39, 0.29) is 18.0 Å². The van der Waals surface area contributed by atoms with Gasteiger partial charge in [0.15, 0.2) is 0 Å².